The summed E-state index contributed by atoms with van der Waals surface area (Å²) < 4.78 is 95.4. The van der Waals surface area contributed by atoms with Crippen LogP contribution in [0.1, 0.15) is 35.8 Å². The van der Waals surface area contributed by atoms with Crippen LogP contribution >= 0.6 is 0 Å². The third-order valence-electron chi connectivity index (χ3n) is 4.58. The SMILES string of the molecule is CCn1nccc1C(=O)NCC(=O)Nc1cc(OC(F)(F)F)c(C(C)C(=O)NCC(F)(F)F)cc1F. The van der Waals surface area contributed by atoms with Crippen molar-refractivity contribution in [2.45, 2.75) is 38.8 Å². The number of nitrogens with one attached hydrogen (secondary N) is 3. The molecule has 2 rings (SSSR count). The van der Waals surface area contributed by atoms with Crippen molar-refractivity contribution in [2.24, 2.45) is 0 Å². The first kappa shape index (κ1) is 28.4. The summed E-state index contributed by atoms with van der Waals surface area (Å²) in [6.07, 6.45) is -8.75. The number of hydrogen-bond donors (Lipinski definition) is 3. The van der Waals surface area contributed by atoms with E-state index in [1.54, 1.807) is 6.92 Å². The molecule has 9 nitrogen and oxygen atoms in total. The highest BCUT2D eigenvalue weighted by Crippen LogP contribution is 2.35. The molecule has 3 amide bonds. The number of rotatable bonds is 9. The molecule has 198 valence electrons. The van der Waals surface area contributed by atoms with Crippen molar-refractivity contribution < 1.29 is 49.9 Å². The maximum absolute atomic E-state index is 14.6. The molecule has 0 saturated carbocycles. The molecule has 1 heterocycles. The van der Waals surface area contributed by atoms with Crippen molar-refractivity contribution in [3.05, 3.63) is 41.5 Å². The predicted molar refractivity (Wildman–Crippen MR) is 109 cm³/mol. The van der Waals surface area contributed by atoms with Crippen molar-refractivity contribution in [2.75, 3.05) is 18.4 Å². The molecular weight excluding hydrogens is 507 g/mol. The second-order valence-electron chi connectivity index (χ2n) is 7.24. The van der Waals surface area contributed by atoms with Gasteiger partial charge in [-0.15, -0.1) is 13.2 Å². The Morgan fingerprint density at radius 3 is 2.36 bits per heavy atom. The van der Waals surface area contributed by atoms with Crippen LogP contribution in [-0.4, -0.2) is 53.1 Å². The van der Waals surface area contributed by atoms with E-state index < -0.39 is 72.1 Å². The number of nitrogens with zero attached hydrogens (tertiary/aromatic N) is 2. The molecule has 1 atom stereocenters. The Balaban J connectivity index is 2.20. The molecule has 0 aliphatic rings. The zero-order valence-electron chi connectivity index (χ0n) is 18.7. The highest BCUT2D eigenvalue weighted by atomic mass is 19.4. The number of anilines is 1. The van der Waals surface area contributed by atoms with Crippen LogP contribution < -0.4 is 20.7 Å². The summed E-state index contributed by atoms with van der Waals surface area (Å²) in [4.78, 5) is 36.3. The highest BCUT2D eigenvalue weighted by molar-refractivity contribution is 5.98. The summed E-state index contributed by atoms with van der Waals surface area (Å²) in [5, 5.41) is 9.55. The van der Waals surface area contributed by atoms with Crippen LogP contribution in [0.2, 0.25) is 0 Å². The van der Waals surface area contributed by atoms with Gasteiger partial charge in [0.25, 0.3) is 5.91 Å². The largest absolute Gasteiger partial charge is 0.573 e. The summed E-state index contributed by atoms with van der Waals surface area (Å²) in [7, 11) is 0. The second kappa shape index (κ2) is 11.3. The van der Waals surface area contributed by atoms with E-state index in [2.05, 4.69) is 15.2 Å². The van der Waals surface area contributed by atoms with Crippen molar-refractivity contribution in [3.63, 3.8) is 0 Å². The summed E-state index contributed by atoms with van der Waals surface area (Å²) in [5.41, 5.74) is -1.39. The molecule has 0 fully saturated rings. The lowest BCUT2D eigenvalue weighted by molar-refractivity contribution is -0.275. The maximum atomic E-state index is 14.6. The normalized spacial score (nSPS) is 12.6. The van der Waals surface area contributed by atoms with E-state index in [-0.39, 0.29) is 5.69 Å². The van der Waals surface area contributed by atoms with Crippen LogP contribution in [0.15, 0.2) is 24.4 Å². The third-order valence-corrected chi connectivity index (χ3v) is 4.58. The van der Waals surface area contributed by atoms with E-state index >= 15 is 0 Å². The molecule has 0 radical (unpaired) electrons. The minimum Gasteiger partial charge on any atom is -0.405 e. The minimum absolute atomic E-state index is 0.125. The summed E-state index contributed by atoms with van der Waals surface area (Å²) in [6.45, 7) is 0.560. The van der Waals surface area contributed by atoms with Crippen LogP contribution in [0.25, 0.3) is 0 Å². The quantitative estimate of drug-likeness (QED) is 0.434. The van der Waals surface area contributed by atoms with Crippen LogP contribution in [-0.2, 0) is 16.1 Å². The average molecular weight is 527 g/mol. The molecule has 2 aromatic rings. The molecule has 3 N–H and O–H groups in total. The lowest BCUT2D eigenvalue weighted by Crippen LogP contribution is -2.36. The predicted octanol–water partition coefficient (Wildman–Crippen LogP) is 3.09. The van der Waals surface area contributed by atoms with E-state index in [0.717, 1.165) is 6.92 Å². The number of ether oxygens (including phenoxy) is 1. The van der Waals surface area contributed by atoms with Gasteiger partial charge in [0.2, 0.25) is 11.8 Å². The van der Waals surface area contributed by atoms with Crippen LogP contribution in [0, 0.1) is 5.82 Å². The van der Waals surface area contributed by atoms with Crippen LogP contribution in [0.5, 0.6) is 5.75 Å². The number of aryl methyl sites for hydroxylation is 1. The van der Waals surface area contributed by atoms with Gasteiger partial charge in [-0.1, -0.05) is 0 Å². The first-order chi connectivity index (χ1) is 16.6. The minimum atomic E-state index is -5.31. The molecular formula is C20H20F7N5O4. The number of aromatic nitrogens is 2. The fourth-order valence-electron chi connectivity index (χ4n) is 2.92. The number of halogens is 7. The summed E-state index contributed by atoms with van der Waals surface area (Å²) >= 11 is 0. The lowest BCUT2D eigenvalue weighted by Gasteiger charge is -2.20. The van der Waals surface area contributed by atoms with E-state index in [4.69, 9.17) is 0 Å². The van der Waals surface area contributed by atoms with Crippen LogP contribution in [0.4, 0.5) is 36.4 Å². The first-order valence-electron chi connectivity index (χ1n) is 10.1. The Bertz CT molecular complexity index is 1110. The van der Waals surface area contributed by atoms with Gasteiger partial charge in [0.1, 0.15) is 23.8 Å². The number of alkyl halides is 6. The van der Waals surface area contributed by atoms with Gasteiger partial charge < -0.3 is 20.7 Å². The number of hydrogen-bond acceptors (Lipinski definition) is 5. The number of carbonyl (C=O) groups is 3. The van der Waals surface area contributed by atoms with Gasteiger partial charge in [0.05, 0.1) is 18.2 Å². The molecule has 0 aliphatic carbocycles. The Labute approximate surface area is 199 Å². The van der Waals surface area contributed by atoms with Gasteiger partial charge in [-0.05, 0) is 26.0 Å². The van der Waals surface area contributed by atoms with Crippen molar-refractivity contribution in [3.8, 4) is 5.75 Å². The molecule has 1 unspecified atom stereocenters. The Hall–Kier alpha value is -3.85. The monoisotopic (exact) mass is 527 g/mol. The molecule has 0 bridgehead atoms. The van der Waals surface area contributed by atoms with Crippen molar-refractivity contribution in [1.29, 1.82) is 0 Å². The summed E-state index contributed by atoms with van der Waals surface area (Å²) in [5.74, 6) is -7.17. The van der Waals surface area contributed by atoms with Crippen LogP contribution in [0.3, 0.4) is 0 Å². The molecule has 1 aromatic carbocycles. The third kappa shape index (κ3) is 8.13. The zero-order valence-corrected chi connectivity index (χ0v) is 18.7. The Kier molecular flexibility index (Phi) is 8.88. The van der Waals surface area contributed by atoms with E-state index in [0.29, 0.717) is 18.7 Å². The fourth-order valence-corrected chi connectivity index (χ4v) is 2.92. The first-order valence-corrected chi connectivity index (χ1v) is 10.1. The van der Waals surface area contributed by atoms with E-state index in [1.165, 1.54) is 22.3 Å². The molecule has 0 aliphatic heterocycles. The van der Waals surface area contributed by atoms with Gasteiger partial charge in [0, 0.05) is 24.4 Å². The van der Waals surface area contributed by atoms with Crippen molar-refractivity contribution >= 4 is 23.4 Å². The Morgan fingerprint density at radius 2 is 1.78 bits per heavy atom. The molecule has 16 heteroatoms. The molecule has 0 saturated heterocycles. The van der Waals surface area contributed by atoms with Gasteiger partial charge in [0.15, 0.2) is 0 Å². The smallest absolute Gasteiger partial charge is 0.405 e. The van der Waals surface area contributed by atoms with Crippen molar-refractivity contribution in [1.82, 2.24) is 20.4 Å². The second-order valence-corrected chi connectivity index (χ2v) is 7.24. The van der Waals surface area contributed by atoms with Gasteiger partial charge in [-0.3, -0.25) is 19.1 Å². The summed E-state index contributed by atoms with van der Waals surface area (Å²) in [6, 6.07) is 2.23. The van der Waals surface area contributed by atoms with Gasteiger partial charge in [-0.2, -0.15) is 18.3 Å². The zero-order chi connectivity index (χ0) is 27.3. The fraction of sp³-hybridized carbons (Fsp3) is 0.400. The topological polar surface area (TPSA) is 114 Å². The van der Waals surface area contributed by atoms with Gasteiger partial charge in [-0.25, -0.2) is 4.39 Å². The highest BCUT2D eigenvalue weighted by Gasteiger charge is 2.35. The number of amides is 3. The Morgan fingerprint density at radius 1 is 1.11 bits per heavy atom. The molecule has 36 heavy (non-hydrogen) atoms. The average Bonchev–Trinajstić information content (AvgIpc) is 3.25. The van der Waals surface area contributed by atoms with Gasteiger partial charge >= 0.3 is 12.5 Å². The van der Waals surface area contributed by atoms with E-state index in [1.807, 2.05) is 5.32 Å². The van der Waals surface area contributed by atoms with E-state index in [9.17, 15) is 45.1 Å². The maximum Gasteiger partial charge on any atom is 0.573 e. The number of benzene rings is 1. The number of carbonyl (C=O) groups excluding carboxylic acids is 3. The standard InChI is InChI=1S/C20H20F7N5O4/c1-3-32-14(4-5-30-32)18(35)28-8-16(33)31-13-7-15(36-20(25,26)27)11(6-12(13)21)10(2)17(34)29-9-19(22,23)24/h4-7,10H,3,8-9H2,1-2H3,(H,28,35)(H,29,34)(H,31,33). The molecule has 0 spiro atoms. The lowest BCUT2D eigenvalue weighted by atomic mass is 9.98. The molecule has 1 aromatic heterocycles.